The number of nitrogen functional groups attached to an aromatic ring is 1. The maximum absolute atomic E-state index is 13.6. The number of pyridine rings is 1. The zero-order chi connectivity index (χ0) is 14.9. The van der Waals surface area contributed by atoms with Gasteiger partial charge in [0.15, 0.2) is 23.3 Å². The molecule has 9 heteroatoms. The van der Waals surface area contributed by atoms with Crippen LogP contribution >= 0.6 is 0 Å². The van der Waals surface area contributed by atoms with Gasteiger partial charge in [-0.2, -0.15) is 0 Å². The van der Waals surface area contributed by atoms with E-state index in [0.29, 0.717) is 6.07 Å². The van der Waals surface area contributed by atoms with Crippen LogP contribution in [0.4, 0.5) is 20.4 Å². The second-order valence-corrected chi connectivity index (χ2v) is 4.32. The summed E-state index contributed by atoms with van der Waals surface area (Å²) in [5.74, 6) is 1.71. The summed E-state index contributed by atoms with van der Waals surface area (Å²) < 4.78 is 26.8. The number of rotatable bonds is 3. The van der Waals surface area contributed by atoms with Crippen molar-refractivity contribution in [1.82, 2.24) is 9.88 Å². The zero-order valence-corrected chi connectivity index (χ0v) is 10.6. The van der Waals surface area contributed by atoms with E-state index in [-0.39, 0.29) is 30.4 Å². The molecule has 1 fully saturated rings. The average molecular weight is 285 g/mol. The smallest absolute Gasteiger partial charge is 0.251 e. The van der Waals surface area contributed by atoms with Gasteiger partial charge in [0, 0.05) is 19.5 Å². The molecule has 2 heterocycles. The van der Waals surface area contributed by atoms with Crippen LogP contribution in [0.3, 0.4) is 0 Å². The van der Waals surface area contributed by atoms with Gasteiger partial charge in [-0.15, -0.1) is 0 Å². The molecule has 0 saturated carbocycles. The predicted octanol–water partition coefficient (Wildman–Crippen LogP) is 0.205. The third-order valence-corrected chi connectivity index (χ3v) is 3.03. The largest absolute Gasteiger partial charge is 0.356 e. The number of anilines is 2. The fourth-order valence-corrected chi connectivity index (χ4v) is 1.88. The normalized spacial score (nSPS) is 19.2. The monoisotopic (exact) mass is 285 g/mol. The van der Waals surface area contributed by atoms with Crippen LogP contribution in [0.15, 0.2) is 6.07 Å². The second-order valence-electron chi connectivity index (χ2n) is 4.32. The number of nitrogens with one attached hydrogen (secondary N) is 2. The van der Waals surface area contributed by atoms with Crippen molar-refractivity contribution >= 4 is 23.5 Å². The molecule has 1 aliphatic rings. The van der Waals surface area contributed by atoms with Crippen LogP contribution in [-0.4, -0.2) is 34.8 Å². The fourth-order valence-electron chi connectivity index (χ4n) is 1.88. The van der Waals surface area contributed by atoms with Gasteiger partial charge < -0.3 is 10.7 Å². The number of nitrogens with two attached hydrogens (primary N) is 1. The first kappa shape index (κ1) is 14.1. The number of amides is 2. The molecule has 2 amide bonds. The molecule has 20 heavy (non-hydrogen) atoms. The molecule has 1 aromatic rings. The minimum atomic E-state index is -0.950. The Hall–Kier alpha value is -2.29. The van der Waals surface area contributed by atoms with E-state index in [2.05, 4.69) is 10.3 Å². The van der Waals surface area contributed by atoms with Crippen LogP contribution < -0.4 is 16.6 Å². The summed E-state index contributed by atoms with van der Waals surface area (Å²) in [5.41, 5.74) is 1.98. The van der Waals surface area contributed by atoms with Gasteiger partial charge in [0.1, 0.15) is 6.04 Å². The summed E-state index contributed by atoms with van der Waals surface area (Å²) in [4.78, 5) is 27.7. The zero-order valence-electron chi connectivity index (χ0n) is 10.6. The molecule has 2 rings (SSSR count). The number of aromatic nitrogens is 1. The molecule has 0 spiro atoms. The third-order valence-electron chi connectivity index (χ3n) is 3.03. The molecule has 4 N–H and O–H groups in total. The van der Waals surface area contributed by atoms with Crippen molar-refractivity contribution < 1.29 is 18.4 Å². The van der Waals surface area contributed by atoms with Crippen LogP contribution in [-0.2, 0) is 9.59 Å². The number of nitrogens with zero attached hydrogens (tertiary/aromatic N) is 2. The molecular weight excluding hydrogens is 272 g/mol. The van der Waals surface area contributed by atoms with Crippen molar-refractivity contribution in [2.75, 3.05) is 17.8 Å². The molecule has 7 nitrogen and oxygen atoms in total. The lowest BCUT2D eigenvalue weighted by molar-refractivity contribution is -0.146. The number of hydrazine groups is 1. The highest BCUT2D eigenvalue weighted by molar-refractivity contribution is 6.01. The number of halogens is 2. The lowest BCUT2D eigenvalue weighted by Crippen LogP contribution is -2.48. The first-order valence-corrected chi connectivity index (χ1v) is 5.83. The van der Waals surface area contributed by atoms with E-state index in [4.69, 9.17) is 5.84 Å². The van der Waals surface area contributed by atoms with Crippen LogP contribution in [0.1, 0.15) is 12.8 Å². The highest BCUT2D eigenvalue weighted by Crippen LogP contribution is 2.21. The minimum absolute atomic E-state index is 0.157. The second kappa shape index (κ2) is 5.37. The highest BCUT2D eigenvalue weighted by Gasteiger charge is 2.32. The molecular formula is C11H13F2N5O2. The van der Waals surface area contributed by atoms with Crippen molar-refractivity contribution in [1.29, 1.82) is 0 Å². The quantitative estimate of drug-likeness (QED) is 0.417. The number of carbonyl (C=O) groups is 2. The topological polar surface area (TPSA) is 100 Å². The molecule has 0 bridgehead atoms. The van der Waals surface area contributed by atoms with Gasteiger partial charge in [0.05, 0.1) is 0 Å². The summed E-state index contributed by atoms with van der Waals surface area (Å²) in [6.45, 7) is 0. The van der Waals surface area contributed by atoms with Gasteiger partial charge in [0.25, 0.3) is 5.91 Å². The predicted molar refractivity (Wildman–Crippen MR) is 66.4 cm³/mol. The summed E-state index contributed by atoms with van der Waals surface area (Å²) in [5, 5.41) is 2.56. The van der Waals surface area contributed by atoms with Crippen LogP contribution in [0.2, 0.25) is 0 Å². The standard InChI is InChI=1S/C11H13F2N5O2/c1-18-8(19)3-2-7(11(18)20)15-9-5(12)4-6(13)10(16-9)17-14/h4,7H,2-3,14H2,1H3,(H2,15,16,17). The Bertz CT molecular complexity index is 566. The van der Waals surface area contributed by atoms with Crippen LogP contribution in [0.25, 0.3) is 0 Å². The highest BCUT2D eigenvalue weighted by atomic mass is 19.1. The first-order valence-electron chi connectivity index (χ1n) is 5.83. The van der Waals surface area contributed by atoms with E-state index in [9.17, 15) is 18.4 Å². The van der Waals surface area contributed by atoms with E-state index >= 15 is 0 Å². The Morgan fingerprint density at radius 2 is 2.00 bits per heavy atom. The van der Waals surface area contributed by atoms with Crippen molar-refractivity contribution in [2.24, 2.45) is 5.84 Å². The lowest BCUT2D eigenvalue weighted by atomic mass is 10.0. The van der Waals surface area contributed by atoms with Crippen molar-refractivity contribution in [3.8, 4) is 0 Å². The molecule has 0 aliphatic carbocycles. The van der Waals surface area contributed by atoms with E-state index in [1.165, 1.54) is 7.05 Å². The number of imide groups is 1. The molecule has 1 aromatic heterocycles. The summed E-state index contributed by atoms with van der Waals surface area (Å²) >= 11 is 0. The Balaban J connectivity index is 2.22. The number of piperidine rings is 1. The number of hydrogen-bond donors (Lipinski definition) is 3. The van der Waals surface area contributed by atoms with E-state index in [1.807, 2.05) is 5.43 Å². The van der Waals surface area contributed by atoms with Gasteiger partial charge >= 0.3 is 0 Å². The van der Waals surface area contributed by atoms with Crippen molar-refractivity contribution in [2.45, 2.75) is 18.9 Å². The minimum Gasteiger partial charge on any atom is -0.356 e. The summed E-state index contributed by atoms with van der Waals surface area (Å²) in [7, 11) is 1.35. The Morgan fingerprint density at radius 1 is 1.35 bits per heavy atom. The van der Waals surface area contributed by atoms with E-state index in [1.54, 1.807) is 0 Å². The van der Waals surface area contributed by atoms with Gasteiger partial charge in [-0.05, 0) is 6.42 Å². The van der Waals surface area contributed by atoms with Crippen molar-refractivity contribution in [3.05, 3.63) is 17.7 Å². The van der Waals surface area contributed by atoms with Crippen LogP contribution in [0, 0.1) is 11.6 Å². The van der Waals surface area contributed by atoms with E-state index < -0.39 is 23.6 Å². The molecule has 0 radical (unpaired) electrons. The van der Waals surface area contributed by atoms with Gasteiger partial charge in [0.2, 0.25) is 5.91 Å². The number of hydrogen-bond acceptors (Lipinski definition) is 6. The summed E-state index contributed by atoms with van der Waals surface area (Å²) in [6, 6.07) is -0.192. The molecule has 1 unspecified atom stereocenters. The van der Waals surface area contributed by atoms with Crippen LogP contribution in [0.5, 0.6) is 0 Å². The molecule has 1 atom stereocenters. The Labute approximate surface area is 113 Å². The van der Waals surface area contributed by atoms with Crippen molar-refractivity contribution in [3.63, 3.8) is 0 Å². The molecule has 1 aliphatic heterocycles. The van der Waals surface area contributed by atoms with Gasteiger partial charge in [-0.25, -0.2) is 19.6 Å². The molecule has 1 saturated heterocycles. The summed E-state index contributed by atoms with van der Waals surface area (Å²) in [6.07, 6.45) is 0.372. The van der Waals surface area contributed by atoms with Gasteiger partial charge in [-0.3, -0.25) is 14.5 Å². The van der Waals surface area contributed by atoms with E-state index in [0.717, 1.165) is 4.90 Å². The SMILES string of the molecule is CN1C(=O)CCC(Nc2nc(NN)c(F)cc2F)C1=O. The number of carbonyl (C=O) groups excluding carboxylic acids is 2. The first-order chi connectivity index (χ1) is 9.43. The molecule has 0 aromatic carbocycles. The third kappa shape index (κ3) is 2.52. The Kier molecular flexibility index (Phi) is 3.79. The maximum Gasteiger partial charge on any atom is 0.251 e. The lowest BCUT2D eigenvalue weighted by Gasteiger charge is -2.28. The number of likely N-dealkylation sites (N-methyl/N-ethyl adjacent to an activating group) is 1. The van der Waals surface area contributed by atoms with Gasteiger partial charge in [-0.1, -0.05) is 0 Å². The maximum atomic E-state index is 13.6. The fraction of sp³-hybridized carbons (Fsp3) is 0.364. The average Bonchev–Trinajstić information content (AvgIpc) is 2.42. The number of likely N-dealkylation sites (tertiary alicyclic amines) is 1. The Morgan fingerprint density at radius 3 is 2.65 bits per heavy atom. The molecule has 108 valence electrons.